The third-order valence-electron chi connectivity index (χ3n) is 4.50. The number of nitrogens with zero attached hydrogens (tertiary/aromatic N) is 2. The van der Waals surface area contributed by atoms with Gasteiger partial charge in [-0.3, -0.25) is 0 Å². The Kier molecular flexibility index (Phi) is 3.74. The van der Waals surface area contributed by atoms with Gasteiger partial charge in [0.25, 0.3) is 0 Å². The fourth-order valence-electron chi connectivity index (χ4n) is 3.53. The van der Waals surface area contributed by atoms with Crippen LogP contribution in [0.15, 0.2) is 18.2 Å². The highest BCUT2D eigenvalue weighted by molar-refractivity contribution is 5.76. The summed E-state index contributed by atoms with van der Waals surface area (Å²) in [6.07, 6.45) is 4.51. The third kappa shape index (κ3) is 2.12. The molecule has 1 aliphatic rings. The van der Waals surface area contributed by atoms with Crippen LogP contribution in [0.25, 0.3) is 11.0 Å². The molecule has 1 aliphatic carbocycles. The highest BCUT2D eigenvalue weighted by Gasteiger charge is 2.31. The van der Waals surface area contributed by atoms with Gasteiger partial charge in [0.05, 0.1) is 5.52 Å². The Morgan fingerprint density at radius 3 is 3.00 bits per heavy atom. The molecule has 0 radical (unpaired) electrons. The fourth-order valence-corrected chi connectivity index (χ4v) is 3.53. The number of aromatic nitrogens is 2. The van der Waals surface area contributed by atoms with Crippen molar-refractivity contribution in [2.75, 3.05) is 6.54 Å². The van der Waals surface area contributed by atoms with Crippen LogP contribution < -0.4 is 5.73 Å². The third-order valence-corrected chi connectivity index (χ3v) is 4.50. The molecule has 1 saturated carbocycles. The molecule has 2 N–H and O–H groups in total. The summed E-state index contributed by atoms with van der Waals surface area (Å²) in [6, 6.07) is 5.23. The molecule has 0 bridgehead atoms. The highest BCUT2D eigenvalue weighted by atomic mass is 19.1. The van der Waals surface area contributed by atoms with Crippen molar-refractivity contribution in [3.8, 4) is 0 Å². The van der Waals surface area contributed by atoms with E-state index in [0.29, 0.717) is 23.9 Å². The first-order valence-electron chi connectivity index (χ1n) is 7.61. The van der Waals surface area contributed by atoms with Crippen molar-refractivity contribution in [1.82, 2.24) is 9.55 Å². The van der Waals surface area contributed by atoms with Gasteiger partial charge in [0.1, 0.15) is 11.3 Å². The maximum Gasteiger partial charge on any atom is 0.151 e. The lowest BCUT2D eigenvalue weighted by Crippen LogP contribution is -2.20. The van der Waals surface area contributed by atoms with Crippen molar-refractivity contribution in [2.45, 2.75) is 45.1 Å². The molecule has 1 aromatic carbocycles. The van der Waals surface area contributed by atoms with Crippen molar-refractivity contribution < 1.29 is 4.39 Å². The van der Waals surface area contributed by atoms with Gasteiger partial charge in [0.2, 0.25) is 0 Å². The first-order valence-corrected chi connectivity index (χ1v) is 7.61. The Labute approximate surface area is 119 Å². The monoisotopic (exact) mass is 275 g/mol. The molecule has 1 fully saturated rings. The van der Waals surface area contributed by atoms with Crippen LogP contribution in [0.5, 0.6) is 0 Å². The Morgan fingerprint density at radius 2 is 2.25 bits per heavy atom. The van der Waals surface area contributed by atoms with Gasteiger partial charge in [-0.2, -0.15) is 0 Å². The number of imidazole rings is 1. The topological polar surface area (TPSA) is 43.8 Å². The molecular weight excluding hydrogens is 253 g/mol. The number of rotatable bonds is 4. The number of hydrogen-bond acceptors (Lipinski definition) is 2. The molecule has 2 aromatic rings. The molecule has 2 atom stereocenters. The summed E-state index contributed by atoms with van der Waals surface area (Å²) in [6.45, 7) is 3.73. The molecule has 1 heterocycles. The smallest absolute Gasteiger partial charge is 0.151 e. The lowest BCUT2D eigenvalue weighted by atomic mass is 9.95. The van der Waals surface area contributed by atoms with Gasteiger partial charge >= 0.3 is 0 Å². The molecule has 2 unspecified atom stereocenters. The number of hydrogen-bond donors (Lipinski definition) is 1. The normalized spacial score (nSPS) is 22.8. The Hall–Kier alpha value is -1.42. The minimum atomic E-state index is -0.221. The maximum absolute atomic E-state index is 14.0. The molecule has 3 nitrogen and oxygen atoms in total. The first-order chi connectivity index (χ1) is 9.76. The molecule has 0 aliphatic heterocycles. The van der Waals surface area contributed by atoms with Crippen LogP contribution in [0.1, 0.15) is 44.3 Å². The molecular formula is C16H22FN3. The fraction of sp³-hybridized carbons (Fsp3) is 0.562. The van der Waals surface area contributed by atoms with Gasteiger partial charge in [-0.25, -0.2) is 9.37 Å². The van der Waals surface area contributed by atoms with E-state index in [2.05, 4.69) is 16.5 Å². The van der Waals surface area contributed by atoms with Gasteiger partial charge in [-0.05, 0) is 43.9 Å². The van der Waals surface area contributed by atoms with Crippen LogP contribution in [0.3, 0.4) is 0 Å². The average molecular weight is 275 g/mol. The summed E-state index contributed by atoms with van der Waals surface area (Å²) in [4.78, 5) is 4.64. The zero-order chi connectivity index (χ0) is 14.1. The summed E-state index contributed by atoms with van der Waals surface area (Å²) in [5.74, 6) is 1.70. The predicted octanol–water partition coefficient (Wildman–Crippen LogP) is 3.43. The van der Waals surface area contributed by atoms with E-state index in [0.717, 1.165) is 30.7 Å². The number of fused-ring (bicyclic) bond motifs is 1. The van der Waals surface area contributed by atoms with Gasteiger partial charge in [0, 0.05) is 12.5 Å². The Bertz CT molecular complexity index is 605. The molecule has 1 aromatic heterocycles. The summed E-state index contributed by atoms with van der Waals surface area (Å²) in [5, 5.41) is 0. The van der Waals surface area contributed by atoms with E-state index in [-0.39, 0.29) is 5.82 Å². The van der Waals surface area contributed by atoms with Gasteiger partial charge in [-0.1, -0.05) is 19.4 Å². The second kappa shape index (κ2) is 5.52. The maximum atomic E-state index is 14.0. The van der Waals surface area contributed by atoms with E-state index >= 15 is 0 Å². The van der Waals surface area contributed by atoms with Crippen molar-refractivity contribution >= 4 is 11.0 Å². The van der Waals surface area contributed by atoms with Crippen LogP contribution >= 0.6 is 0 Å². The molecule has 20 heavy (non-hydrogen) atoms. The minimum Gasteiger partial charge on any atom is -0.330 e. The summed E-state index contributed by atoms with van der Waals surface area (Å²) in [7, 11) is 0. The second-order valence-electron chi connectivity index (χ2n) is 5.76. The van der Waals surface area contributed by atoms with Crippen molar-refractivity contribution in [2.24, 2.45) is 11.7 Å². The minimum absolute atomic E-state index is 0.221. The second-order valence-corrected chi connectivity index (χ2v) is 5.76. The Balaban J connectivity index is 2.13. The highest BCUT2D eigenvalue weighted by Crippen LogP contribution is 2.39. The lowest BCUT2D eigenvalue weighted by molar-refractivity contribution is 0.459. The first kappa shape index (κ1) is 13.6. The number of benzene rings is 1. The van der Waals surface area contributed by atoms with E-state index in [9.17, 15) is 4.39 Å². The van der Waals surface area contributed by atoms with Crippen molar-refractivity contribution in [3.63, 3.8) is 0 Å². The quantitative estimate of drug-likeness (QED) is 0.929. The molecule has 4 heteroatoms. The molecule has 3 rings (SSSR count). The Morgan fingerprint density at radius 1 is 1.40 bits per heavy atom. The average Bonchev–Trinajstić information content (AvgIpc) is 3.04. The van der Waals surface area contributed by atoms with E-state index < -0.39 is 0 Å². The summed E-state index contributed by atoms with van der Waals surface area (Å²) >= 11 is 0. The van der Waals surface area contributed by atoms with E-state index in [1.165, 1.54) is 18.9 Å². The predicted molar refractivity (Wildman–Crippen MR) is 79.1 cm³/mol. The lowest BCUT2D eigenvalue weighted by Gasteiger charge is -2.19. The van der Waals surface area contributed by atoms with Crippen LogP contribution in [0.2, 0.25) is 0 Å². The molecule has 0 saturated heterocycles. The molecule has 0 spiro atoms. The molecule has 108 valence electrons. The van der Waals surface area contributed by atoms with Crippen LogP contribution in [0, 0.1) is 11.7 Å². The summed E-state index contributed by atoms with van der Waals surface area (Å²) in [5.41, 5.74) is 7.33. The number of halogens is 1. The number of nitrogens with two attached hydrogens (primary N) is 1. The van der Waals surface area contributed by atoms with Crippen LogP contribution in [-0.2, 0) is 6.54 Å². The van der Waals surface area contributed by atoms with Gasteiger partial charge in [-0.15, -0.1) is 0 Å². The van der Waals surface area contributed by atoms with Crippen LogP contribution in [-0.4, -0.2) is 16.1 Å². The molecule has 0 amide bonds. The van der Waals surface area contributed by atoms with E-state index in [1.54, 1.807) is 6.07 Å². The van der Waals surface area contributed by atoms with Crippen molar-refractivity contribution in [1.29, 1.82) is 0 Å². The largest absolute Gasteiger partial charge is 0.330 e. The summed E-state index contributed by atoms with van der Waals surface area (Å²) < 4.78 is 16.2. The SMILES string of the molecule is CCCn1c(C2CCCC2CN)nc2c(F)cccc21. The van der Waals surface area contributed by atoms with Gasteiger partial charge in [0.15, 0.2) is 5.82 Å². The van der Waals surface area contributed by atoms with E-state index in [4.69, 9.17) is 5.73 Å². The standard InChI is InChI=1S/C16H22FN3/c1-2-9-20-14-8-4-7-13(17)15(14)19-16(20)12-6-3-5-11(12)10-18/h4,7-8,11-12H,2-3,5-6,9-10,18H2,1H3. The van der Waals surface area contributed by atoms with Crippen molar-refractivity contribution in [3.05, 3.63) is 29.8 Å². The van der Waals surface area contributed by atoms with Crippen LogP contribution in [0.4, 0.5) is 4.39 Å². The van der Waals surface area contributed by atoms with E-state index in [1.807, 2.05) is 6.07 Å². The number of aryl methyl sites for hydroxylation is 1. The zero-order valence-electron chi connectivity index (χ0n) is 12.0. The zero-order valence-corrected chi connectivity index (χ0v) is 12.0. The number of para-hydroxylation sites is 1. The van der Waals surface area contributed by atoms with Gasteiger partial charge < -0.3 is 10.3 Å².